The Bertz CT molecular complexity index is 1230. The topological polar surface area (TPSA) is 160 Å². The number of hydrogen-bond acceptors (Lipinski definition) is 10. The number of rotatable bonds is 6. The van der Waals surface area contributed by atoms with Crippen LogP contribution in [-0.2, 0) is 20.6 Å². The number of aliphatic carboxylic acids is 1. The summed E-state index contributed by atoms with van der Waals surface area (Å²) in [6.45, 7) is 0. The number of carbonyl (C=O) groups excluding carboxylic acids is 2. The lowest BCUT2D eigenvalue weighted by molar-refractivity contribution is -0.150. The number of nitrogens with zero attached hydrogens (tertiary/aromatic N) is 4. The van der Waals surface area contributed by atoms with Crippen LogP contribution in [0.2, 0.25) is 0 Å². The van der Waals surface area contributed by atoms with E-state index in [1.54, 1.807) is 0 Å². The lowest BCUT2D eigenvalue weighted by atomic mass is 10.0. The Morgan fingerprint density at radius 2 is 2.12 bits per heavy atom. The average molecular weight is 514 g/mol. The number of carboxylic acids is 1. The largest absolute Gasteiger partial charge is 0.477 e. The van der Waals surface area contributed by atoms with E-state index in [2.05, 4.69) is 19.8 Å². The average Bonchev–Trinajstić information content (AvgIpc) is 3.22. The molecule has 3 heterocycles. The highest BCUT2D eigenvalue weighted by molar-refractivity contribution is 8.00. The van der Waals surface area contributed by atoms with Gasteiger partial charge in [-0.2, -0.15) is 22.5 Å². The van der Waals surface area contributed by atoms with E-state index in [1.165, 1.54) is 23.9 Å². The molecule has 2 aliphatic heterocycles. The maximum Gasteiger partial charge on any atom is 0.416 e. The van der Waals surface area contributed by atoms with Gasteiger partial charge in [0.25, 0.3) is 11.8 Å². The highest BCUT2D eigenvalue weighted by Crippen LogP contribution is 2.37. The van der Waals surface area contributed by atoms with E-state index in [0.29, 0.717) is 11.8 Å². The zero-order chi connectivity index (χ0) is 24.6. The summed E-state index contributed by atoms with van der Waals surface area (Å²) in [6.07, 6.45) is -3.23. The van der Waals surface area contributed by atoms with Crippen LogP contribution in [0.4, 0.5) is 18.3 Å². The fourth-order valence-corrected chi connectivity index (χ4v) is 4.72. The van der Waals surface area contributed by atoms with Gasteiger partial charge in [0.1, 0.15) is 17.1 Å². The smallest absolute Gasteiger partial charge is 0.416 e. The second kappa shape index (κ2) is 8.94. The molecule has 1 aromatic heterocycles. The van der Waals surface area contributed by atoms with E-state index >= 15 is 0 Å². The second-order valence-electron chi connectivity index (χ2n) is 6.79. The number of halogens is 3. The zero-order valence-corrected chi connectivity index (χ0v) is 18.3. The van der Waals surface area contributed by atoms with Crippen molar-refractivity contribution in [3.05, 3.63) is 47.4 Å². The second-order valence-corrected chi connectivity index (χ2v) is 8.72. The molecule has 178 valence electrons. The number of hydrogen-bond donors (Lipinski definition) is 3. The molecule has 0 radical (unpaired) electrons. The molecule has 34 heavy (non-hydrogen) atoms. The maximum atomic E-state index is 12.9. The summed E-state index contributed by atoms with van der Waals surface area (Å²) >= 11 is 1.98. The number of alkyl halides is 3. The van der Waals surface area contributed by atoms with Crippen LogP contribution in [0.25, 0.3) is 0 Å². The summed E-state index contributed by atoms with van der Waals surface area (Å²) in [6, 6.07) is 2.75. The number of amides is 2. The minimum atomic E-state index is -4.62. The number of anilines is 1. The number of benzene rings is 1. The first-order valence-corrected chi connectivity index (χ1v) is 11.1. The molecule has 0 bridgehead atoms. The minimum absolute atomic E-state index is 0.0143. The van der Waals surface area contributed by atoms with Crippen LogP contribution in [0.3, 0.4) is 0 Å². The first kappa shape index (κ1) is 23.5. The number of oxime groups is 1. The van der Waals surface area contributed by atoms with Gasteiger partial charge in [0, 0.05) is 17.3 Å². The number of aromatic nitrogens is 2. The first-order valence-electron chi connectivity index (χ1n) is 9.27. The fraction of sp³-hybridized carbons (Fsp3) is 0.222. The highest BCUT2D eigenvalue weighted by Gasteiger charge is 2.53. The lowest BCUT2D eigenvalue weighted by Crippen LogP contribution is -2.70. The molecule has 1 unspecified atom stereocenters. The number of carboxylic acid groups (broad SMARTS) is 1. The van der Waals surface area contributed by atoms with Crippen molar-refractivity contribution in [3.8, 4) is 5.75 Å². The third-order valence-electron chi connectivity index (χ3n) is 4.62. The van der Waals surface area contributed by atoms with Crippen LogP contribution in [0.15, 0.2) is 41.2 Å². The molecule has 2 aliphatic rings. The minimum Gasteiger partial charge on any atom is -0.477 e. The van der Waals surface area contributed by atoms with Gasteiger partial charge in [0.15, 0.2) is 10.9 Å². The predicted octanol–water partition coefficient (Wildman–Crippen LogP) is 1.29. The number of carbonyl (C=O) groups is 3. The monoisotopic (exact) mass is 514 g/mol. The van der Waals surface area contributed by atoms with Crippen molar-refractivity contribution >= 4 is 51.9 Å². The van der Waals surface area contributed by atoms with Crippen molar-refractivity contribution in [2.45, 2.75) is 17.6 Å². The van der Waals surface area contributed by atoms with Gasteiger partial charge >= 0.3 is 12.1 Å². The Hall–Kier alpha value is -3.66. The van der Waals surface area contributed by atoms with Crippen molar-refractivity contribution in [2.24, 2.45) is 5.16 Å². The SMILES string of the molecule is Nc1nc(C(=NOc2cccc(C(F)(F)F)c2)C(=O)NC2C(=O)N3C(C(=O)O)=CCS[C@H]23)ns1. The molecule has 16 heteroatoms. The van der Waals surface area contributed by atoms with Gasteiger partial charge < -0.3 is 21.0 Å². The van der Waals surface area contributed by atoms with E-state index in [4.69, 9.17) is 10.6 Å². The van der Waals surface area contributed by atoms with Crippen LogP contribution >= 0.6 is 23.3 Å². The quantitative estimate of drug-likeness (QED) is 0.293. The molecule has 1 saturated heterocycles. The zero-order valence-electron chi connectivity index (χ0n) is 16.6. The highest BCUT2D eigenvalue weighted by atomic mass is 32.2. The molecule has 11 nitrogen and oxygen atoms in total. The van der Waals surface area contributed by atoms with Crippen LogP contribution < -0.4 is 15.9 Å². The Kier molecular flexibility index (Phi) is 6.18. The van der Waals surface area contributed by atoms with Gasteiger partial charge in [0.2, 0.25) is 11.5 Å². The molecule has 1 aromatic carbocycles. The molecular formula is C18H13F3N6O5S2. The number of thioether (sulfide) groups is 1. The molecule has 2 amide bonds. The number of nitrogen functional groups attached to an aromatic ring is 1. The van der Waals surface area contributed by atoms with Crippen molar-refractivity contribution in [1.82, 2.24) is 19.6 Å². The Labute approximate surface area is 196 Å². The maximum absolute atomic E-state index is 12.9. The summed E-state index contributed by atoms with van der Waals surface area (Å²) in [4.78, 5) is 46.6. The van der Waals surface area contributed by atoms with Crippen LogP contribution in [0.1, 0.15) is 11.4 Å². The fourth-order valence-electron chi connectivity index (χ4n) is 3.09. The number of fused-ring (bicyclic) bond motifs is 1. The molecule has 1 fully saturated rings. The van der Waals surface area contributed by atoms with E-state index in [0.717, 1.165) is 28.6 Å². The number of β-lactam (4-membered cyclic amide) rings is 1. The van der Waals surface area contributed by atoms with E-state index < -0.39 is 46.7 Å². The Morgan fingerprint density at radius 1 is 1.35 bits per heavy atom. The normalized spacial score (nSPS) is 20.2. The van der Waals surface area contributed by atoms with Gasteiger partial charge in [-0.05, 0) is 24.3 Å². The lowest BCUT2D eigenvalue weighted by Gasteiger charge is -2.48. The molecular weight excluding hydrogens is 501 g/mol. The van der Waals surface area contributed by atoms with Crippen molar-refractivity contribution in [2.75, 3.05) is 11.5 Å². The third-order valence-corrected chi connectivity index (χ3v) is 6.35. The molecule has 0 saturated carbocycles. The summed E-state index contributed by atoms with van der Waals surface area (Å²) in [7, 11) is 0. The summed E-state index contributed by atoms with van der Waals surface area (Å²) < 4.78 is 42.7. The van der Waals surface area contributed by atoms with E-state index in [9.17, 15) is 32.7 Å². The van der Waals surface area contributed by atoms with Crippen molar-refractivity contribution < 1.29 is 37.5 Å². The molecule has 0 aliphatic carbocycles. The van der Waals surface area contributed by atoms with Crippen LogP contribution in [0.5, 0.6) is 5.75 Å². The van der Waals surface area contributed by atoms with Gasteiger partial charge in [0.05, 0.1) is 5.56 Å². The first-order chi connectivity index (χ1) is 16.1. The van der Waals surface area contributed by atoms with E-state index in [-0.39, 0.29) is 22.4 Å². The third kappa shape index (κ3) is 4.54. The van der Waals surface area contributed by atoms with Crippen LogP contribution in [0, 0.1) is 0 Å². The molecule has 2 aromatic rings. The summed E-state index contributed by atoms with van der Waals surface area (Å²) in [5.74, 6) is -3.15. The Balaban J connectivity index is 1.56. The summed E-state index contributed by atoms with van der Waals surface area (Å²) in [5.41, 5.74) is 3.84. The van der Waals surface area contributed by atoms with Gasteiger partial charge in [-0.1, -0.05) is 11.2 Å². The van der Waals surface area contributed by atoms with E-state index in [1.807, 2.05) is 0 Å². The molecule has 4 rings (SSSR count). The Morgan fingerprint density at radius 3 is 2.76 bits per heavy atom. The molecule has 2 atom stereocenters. The van der Waals surface area contributed by atoms with Crippen molar-refractivity contribution in [1.29, 1.82) is 0 Å². The van der Waals surface area contributed by atoms with Crippen LogP contribution in [-0.4, -0.2) is 60.0 Å². The number of nitrogens with two attached hydrogens (primary N) is 1. The van der Waals surface area contributed by atoms with Crippen molar-refractivity contribution in [3.63, 3.8) is 0 Å². The van der Waals surface area contributed by atoms with Gasteiger partial charge in [-0.3, -0.25) is 14.5 Å². The standard InChI is InChI=1S/C18H13F3N6O5S2/c19-18(20,21)7-2-1-3-8(6-7)32-25-10(12-24-17(22)34-26-12)13(28)23-11-14(29)27-9(16(30)31)4-5-33-15(11)27/h1-4,6,11,15H,5H2,(H,23,28)(H,30,31)(H2,22,24,26)/t11?,15-/m1/s1. The number of nitrogens with one attached hydrogen (secondary N) is 1. The molecule has 0 spiro atoms. The molecule has 4 N–H and O–H groups in total. The van der Waals surface area contributed by atoms with Gasteiger partial charge in [-0.25, -0.2) is 4.79 Å². The predicted molar refractivity (Wildman–Crippen MR) is 114 cm³/mol. The summed E-state index contributed by atoms with van der Waals surface area (Å²) in [5, 5.41) is 14.6. The van der Waals surface area contributed by atoms with Gasteiger partial charge in [-0.15, -0.1) is 11.8 Å².